The third-order valence-corrected chi connectivity index (χ3v) is 5.73. The van der Waals surface area contributed by atoms with Gasteiger partial charge in [-0.15, -0.1) is 0 Å². The second-order valence-corrected chi connectivity index (χ2v) is 7.47. The van der Waals surface area contributed by atoms with E-state index in [2.05, 4.69) is 17.5 Å². The van der Waals surface area contributed by atoms with Gasteiger partial charge in [0, 0.05) is 18.8 Å². The molecule has 4 heteroatoms. The number of rotatable bonds is 5. The summed E-state index contributed by atoms with van der Waals surface area (Å²) in [6.07, 6.45) is 9.82. The Balaban J connectivity index is 1.26. The zero-order valence-electron chi connectivity index (χ0n) is 14.7. The molecular formula is C21H26N2O2. The Kier molecular flexibility index (Phi) is 4.60. The summed E-state index contributed by atoms with van der Waals surface area (Å²) in [6.45, 7) is 1.45. The predicted molar refractivity (Wildman–Crippen MR) is 98.3 cm³/mol. The molecule has 2 atom stereocenters. The van der Waals surface area contributed by atoms with Crippen LogP contribution >= 0.6 is 0 Å². The Morgan fingerprint density at radius 1 is 1.12 bits per heavy atom. The zero-order chi connectivity index (χ0) is 17.2. The third-order valence-electron chi connectivity index (χ3n) is 5.73. The molecule has 0 saturated heterocycles. The maximum atomic E-state index is 12.7. The first-order valence-electron chi connectivity index (χ1n) is 9.59. The van der Waals surface area contributed by atoms with Gasteiger partial charge in [-0.05, 0) is 56.6 Å². The molecule has 0 radical (unpaired) electrons. The molecule has 2 amide bonds. The summed E-state index contributed by atoms with van der Waals surface area (Å²) in [4.78, 5) is 26.9. The standard InChI is InChI=1S/C21H26N2O2/c24-20(22-12-10-15-6-2-1-3-7-15)17-14-18(17)21(25)23-13-11-16-8-4-5-9-19(16)23/h4-6,8-9,17-18H,1-3,7,10-14H2,(H,22,24). The van der Waals surface area contributed by atoms with E-state index < -0.39 is 0 Å². The number of nitrogens with zero attached hydrogens (tertiary/aromatic N) is 1. The summed E-state index contributed by atoms with van der Waals surface area (Å²) in [5.41, 5.74) is 3.74. The molecule has 1 N–H and O–H groups in total. The van der Waals surface area contributed by atoms with E-state index in [0.29, 0.717) is 13.0 Å². The SMILES string of the molecule is O=C(NCCC1=CCCCC1)C1CC1C(=O)N1CCc2ccccc21. The van der Waals surface area contributed by atoms with Crippen LogP contribution in [0.1, 0.15) is 44.1 Å². The lowest BCUT2D eigenvalue weighted by Crippen LogP contribution is -2.33. The number of para-hydroxylation sites is 1. The molecule has 0 bridgehead atoms. The molecule has 1 fully saturated rings. The minimum atomic E-state index is -0.125. The maximum absolute atomic E-state index is 12.7. The van der Waals surface area contributed by atoms with Crippen molar-refractivity contribution in [2.24, 2.45) is 11.8 Å². The third kappa shape index (κ3) is 3.48. The summed E-state index contributed by atoms with van der Waals surface area (Å²) < 4.78 is 0. The molecule has 1 heterocycles. The monoisotopic (exact) mass is 338 g/mol. The van der Waals surface area contributed by atoms with Gasteiger partial charge >= 0.3 is 0 Å². The minimum Gasteiger partial charge on any atom is -0.356 e. The molecule has 1 aromatic rings. The summed E-state index contributed by atoms with van der Waals surface area (Å²) in [7, 11) is 0. The number of nitrogens with one attached hydrogen (secondary N) is 1. The Morgan fingerprint density at radius 2 is 2.00 bits per heavy atom. The van der Waals surface area contributed by atoms with Crippen molar-refractivity contribution in [1.29, 1.82) is 0 Å². The van der Waals surface area contributed by atoms with Gasteiger partial charge in [-0.25, -0.2) is 0 Å². The summed E-state index contributed by atoms with van der Waals surface area (Å²) in [5.74, 6) is -0.0667. The van der Waals surface area contributed by atoms with Crippen LogP contribution < -0.4 is 10.2 Å². The molecule has 1 aromatic carbocycles. The first-order valence-corrected chi connectivity index (χ1v) is 9.59. The van der Waals surface area contributed by atoms with E-state index in [1.54, 1.807) is 0 Å². The van der Waals surface area contributed by atoms with E-state index in [1.807, 2.05) is 23.1 Å². The first kappa shape index (κ1) is 16.4. The highest BCUT2D eigenvalue weighted by Gasteiger charge is 2.50. The molecule has 2 aliphatic carbocycles. The van der Waals surface area contributed by atoms with Gasteiger partial charge in [0.2, 0.25) is 11.8 Å². The number of carbonyl (C=O) groups excluding carboxylic acids is 2. The number of hydrogen-bond donors (Lipinski definition) is 1. The second-order valence-electron chi connectivity index (χ2n) is 7.47. The van der Waals surface area contributed by atoms with Crippen molar-refractivity contribution in [3.8, 4) is 0 Å². The lowest BCUT2D eigenvalue weighted by molar-refractivity contribution is -0.126. The van der Waals surface area contributed by atoms with Gasteiger partial charge in [-0.2, -0.15) is 0 Å². The number of fused-ring (bicyclic) bond motifs is 1. The fraction of sp³-hybridized carbons (Fsp3) is 0.524. The number of allylic oxidation sites excluding steroid dienone is 1. The van der Waals surface area contributed by atoms with Crippen LogP contribution in [-0.2, 0) is 16.0 Å². The summed E-state index contributed by atoms with van der Waals surface area (Å²) in [6, 6.07) is 8.08. The smallest absolute Gasteiger partial charge is 0.230 e. The fourth-order valence-corrected chi connectivity index (χ4v) is 4.13. The van der Waals surface area contributed by atoms with Crippen LogP contribution in [0.15, 0.2) is 35.9 Å². The number of amides is 2. The topological polar surface area (TPSA) is 49.4 Å². The molecule has 0 aromatic heterocycles. The molecule has 0 spiro atoms. The van der Waals surface area contributed by atoms with Crippen LogP contribution in [0, 0.1) is 11.8 Å². The van der Waals surface area contributed by atoms with Crippen molar-refractivity contribution >= 4 is 17.5 Å². The van der Waals surface area contributed by atoms with Crippen molar-refractivity contribution in [1.82, 2.24) is 5.32 Å². The highest BCUT2D eigenvalue weighted by atomic mass is 16.2. The predicted octanol–water partition coefficient (Wildman–Crippen LogP) is 3.22. The normalized spacial score (nSPS) is 24.5. The highest BCUT2D eigenvalue weighted by molar-refractivity contribution is 6.02. The summed E-state index contributed by atoms with van der Waals surface area (Å²) >= 11 is 0. The van der Waals surface area contributed by atoms with Gasteiger partial charge in [0.15, 0.2) is 0 Å². The van der Waals surface area contributed by atoms with E-state index in [9.17, 15) is 9.59 Å². The van der Waals surface area contributed by atoms with Crippen molar-refractivity contribution in [3.05, 3.63) is 41.5 Å². The van der Waals surface area contributed by atoms with E-state index in [-0.39, 0.29) is 23.7 Å². The Bertz CT molecular complexity index is 710. The van der Waals surface area contributed by atoms with Crippen LogP contribution in [0.25, 0.3) is 0 Å². The molecule has 1 saturated carbocycles. The number of hydrogen-bond acceptors (Lipinski definition) is 2. The molecular weight excluding hydrogens is 312 g/mol. The van der Waals surface area contributed by atoms with E-state index in [0.717, 1.165) is 25.1 Å². The fourth-order valence-electron chi connectivity index (χ4n) is 4.13. The minimum absolute atomic E-state index is 0.0576. The lowest BCUT2D eigenvalue weighted by Gasteiger charge is -2.17. The van der Waals surface area contributed by atoms with Gasteiger partial charge in [0.25, 0.3) is 0 Å². The van der Waals surface area contributed by atoms with Crippen molar-refractivity contribution in [2.45, 2.75) is 44.9 Å². The molecule has 1 aliphatic heterocycles. The van der Waals surface area contributed by atoms with Gasteiger partial charge < -0.3 is 10.2 Å². The number of anilines is 1. The van der Waals surface area contributed by atoms with Gasteiger partial charge in [-0.3, -0.25) is 9.59 Å². The molecule has 4 rings (SSSR count). The van der Waals surface area contributed by atoms with Crippen molar-refractivity contribution in [3.63, 3.8) is 0 Å². The Hall–Kier alpha value is -2.10. The second kappa shape index (κ2) is 7.03. The lowest BCUT2D eigenvalue weighted by atomic mass is 9.97. The molecule has 25 heavy (non-hydrogen) atoms. The molecule has 4 nitrogen and oxygen atoms in total. The van der Waals surface area contributed by atoms with Crippen LogP contribution in [0.4, 0.5) is 5.69 Å². The Morgan fingerprint density at radius 3 is 2.84 bits per heavy atom. The first-order chi connectivity index (χ1) is 12.2. The van der Waals surface area contributed by atoms with Crippen LogP contribution in [-0.4, -0.2) is 24.9 Å². The Labute approximate surface area is 149 Å². The number of carbonyl (C=O) groups is 2. The van der Waals surface area contributed by atoms with Gasteiger partial charge in [0.1, 0.15) is 0 Å². The molecule has 132 valence electrons. The van der Waals surface area contributed by atoms with Crippen LogP contribution in [0.5, 0.6) is 0 Å². The summed E-state index contributed by atoms with van der Waals surface area (Å²) in [5, 5.41) is 3.04. The quantitative estimate of drug-likeness (QED) is 0.838. The average molecular weight is 338 g/mol. The molecule has 2 unspecified atom stereocenters. The molecule has 3 aliphatic rings. The maximum Gasteiger partial charge on any atom is 0.230 e. The van der Waals surface area contributed by atoms with Crippen LogP contribution in [0.3, 0.4) is 0 Å². The highest BCUT2D eigenvalue weighted by Crippen LogP contribution is 2.42. The van der Waals surface area contributed by atoms with E-state index in [1.165, 1.54) is 36.8 Å². The van der Waals surface area contributed by atoms with E-state index in [4.69, 9.17) is 0 Å². The van der Waals surface area contributed by atoms with Gasteiger partial charge in [0.05, 0.1) is 11.8 Å². The van der Waals surface area contributed by atoms with E-state index >= 15 is 0 Å². The van der Waals surface area contributed by atoms with Crippen molar-refractivity contribution < 1.29 is 9.59 Å². The average Bonchev–Trinajstić information content (AvgIpc) is 3.34. The van der Waals surface area contributed by atoms with Gasteiger partial charge in [-0.1, -0.05) is 29.8 Å². The van der Waals surface area contributed by atoms with Crippen LogP contribution in [0.2, 0.25) is 0 Å². The number of benzene rings is 1. The largest absolute Gasteiger partial charge is 0.356 e. The van der Waals surface area contributed by atoms with Crippen molar-refractivity contribution in [2.75, 3.05) is 18.0 Å². The zero-order valence-corrected chi connectivity index (χ0v) is 14.7.